The van der Waals surface area contributed by atoms with Gasteiger partial charge in [0, 0.05) is 17.5 Å². The van der Waals surface area contributed by atoms with Gasteiger partial charge in [-0.05, 0) is 37.1 Å². The number of rotatable bonds is 4. The molecule has 1 aliphatic rings. The van der Waals surface area contributed by atoms with Gasteiger partial charge in [-0.1, -0.05) is 6.07 Å². The molecule has 17 heavy (non-hydrogen) atoms. The Hall–Kier alpha value is -1.90. The highest BCUT2D eigenvalue weighted by atomic mass is 16.5. The number of hydrogen-bond acceptors (Lipinski definition) is 3. The van der Waals surface area contributed by atoms with Crippen molar-refractivity contribution in [1.29, 1.82) is 0 Å². The summed E-state index contributed by atoms with van der Waals surface area (Å²) in [4.78, 5) is 15.7. The number of benzene rings is 1. The second-order valence-electron chi connectivity index (χ2n) is 4.39. The Morgan fingerprint density at radius 3 is 3.06 bits per heavy atom. The van der Waals surface area contributed by atoms with E-state index >= 15 is 0 Å². The highest BCUT2D eigenvalue weighted by molar-refractivity contribution is 5.85. The van der Waals surface area contributed by atoms with E-state index in [0.29, 0.717) is 0 Å². The van der Waals surface area contributed by atoms with Crippen LogP contribution in [0.4, 0.5) is 0 Å². The predicted octanol–water partition coefficient (Wildman–Crippen LogP) is 2.59. The summed E-state index contributed by atoms with van der Waals surface area (Å²) in [6.45, 7) is 0.191. The van der Waals surface area contributed by atoms with Crippen LogP contribution in [0.25, 0.3) is 10.9 Å². The van der Waals surface area contributed by atoms with Gasteiger partial charge in [-0.25, -0.2) is 0 Å². The van der Waals surface area contributed by atoms with Crippen LogP contribution in [0.3, 0.4) is 0 Å². The van der Waals surface area contributed by atoms with Crippen molar-refractivity contribution in [2.24, 2.45) is 5.92 Å². The van der Waals surface area contributed by atoms with E-state index in [1.807, 2.05) is 30.3 Å². The minimum absolute atomic E-state index is 0.191. The zero-order valence-electron chi connectivity index (χ0n) is 9.43. The number of ketones is 1. The fourth-order valence-corrected chi connectivity index (χ4v) is 1.82. The highest BCUT2D eigenvalue weighted by Crippen LogP contribution is 2.30. The number of hydrogen-bond donors (Lipinski definition) is 0. The molecule has 0 unspecified atom stereocenters. The number of aromatic nitrogens is 1. The molecule has 0 amide bonds. The lowest BCUT2D eigenvalue weighted by atomic mass is 10.2. The summed E-state index contributed by atoms with van der Waals surface area (Å²) < 4.78 is 5.50. The summed E-state index contributed by atoms with van der Waals surface area (Å²) in [5.41, 5.74) is 0.938. The van der Waals surface area contributed by atoms with Gasteiger partial charge in [-0.15, -0.1) is 0 Å². The van der Waals surface area contributed by atoms with Crippen molar-refractivity contribution in [3.8, 4) is 5.75 Å². The van der Waals surface area contributed by atoms with Crippen LogP contribution >= 0.6 is 0 Å². The van der Waals surface area contributed by atoms with E-state index in [0.717, 1.165) is 29.5 Å². The zero-order valence-corrected chi connectivity index (χ0v) is 9.43. The first-order valence-electron chi connectivity index (χ1n) is 5.83. The molecule has 3 heteroatoms. The number of carbonyl (C=O) groups is 1. The summed E-state index contributed by atoms with van der Waals surface area (Å²) in [6, 6.07) is 9.56. The smallest absolute Gasteiger partial charge is 0.173 e. The molecule has 1 heterocycles. The maximum atomic E-state index is 11.5. The van der Waals surface area contributed by atoms with Gasteiger partial charge in [0.2, 0.25) is 0 Å². The molecule has 0 atom stereocenters. The van der Waals surface area contributed by atoms with E-state index in [1.54, 1.807) is 6.20 Å². The van der Waals surface area contributed by atoms with Gasteiger partial charge >= 0.3 is 0 Å². The van der Waals surface area contributed by atoms with Gasteiger partial charge < -0.3 is 4.74 Å². The Balaban J connectivity index is 1.74. The second kappa shape index (κ2) is 4.17. The van der Waals surface area contributed by atoms with Crippen molar-refractivity contribution in [1.82, 2.24) is 4.98 Å². The molecule has 0 N–H and O–H groups in total. The molecule has 1 aliphatic carbocycles. The van der Waals surface area contributed by atoms with Crippen molar-refractivity contribution < 1.29 is 9.53 Å². The molecule has 1 fully saturated rings. The molecule has 3 nitrogen and oxygen atoms in total. The van der Waals surface area contributed by atoms with Gasteiger partial charge in [0.05, 0.1) is 5.52 Å². The third-order valence-corrected chi connectivity index (χ3v) is 2.99. The molecule has 0 saturated heterocycles. The summed E-state index contributed by atoms with van der Waals surface area (Å²) in [5.74, 6) is 1.22. The van der Waals surface area contributed by atoms with Crippen molar-refractivity contribution >= 4 is 16.7 Å². The number of fused-ring (bicyclic) bond motifs is 1. The Morgan fingerprint density at radius 2 is 2.24 bits per heavy atom. The number of Topliss-reactive ketones (excluding diaryl/α,β-unsaturated/α-hetero) is 1. The highest BCUT2D eigenvalue weighted by Gasteiger charge is 2.29. The standard InChI is InChI=1S/C14H13NO2/c16-14(10-3-4-10)9-17-12-5-6-13-11(8-12)2-1-7-15-13/h1-2,5-8,10H,3-4,9H2. The van der Waals surface area contributed by atoms with Crippen molar-refractivity contribution in [2.45, 2.75) is 12.8 Å². The molecule has 0 radical (unpaired) electrons. The maximum Gasteiger partial charge on any atom is 0.173 e. The van der Waals surface area contributed by atoms with Crippen LogP contribution in [0.5, 0.6) is 5.75 Å². The van der Waals surface area contributed by atoms with Crippen LogP contribution in [0.1, 0.15) is 12.8 Å². The molecule has 1 saturated carbocycles. The van der Waals surface area contributed by atoms with E-state index < -0.39 is 0 Å². The summed E-state index contributed by atoms with van der Waals surface area (Å²) in [7, 11) is 0. The summed E-state index contributed by atoms with van der Waals surface area (Å²) in [6.07, 6.45) is 3.83. The molecule has 0 aliphatic heterocycles. The van der Waals surface area contributed by atoms with Gasteiger partial charge in [0.1, 0.15) is 12.4 Å². The lowest BCUT2D eigenvalue weighted by Gasteiger charge is -2.05. The Bertz CT molecular complexity index is 561. The molecule has 3 rings (SSSR count). The SMILES string of the molecule is O=C(COc1ccc2ncccc2c1)C1CC1. The van der Waals surface area contributed by atoms with E-state index in [1.165, 1.54) is 0 Å². The van der Waals surface area contributed by atoms with E-state index in [9.17, 15) is 4.79 Å². The maximum absolute atomic E-state index is 11.5. The number of carbonyl (C=O) groups excluding carboxylic acids is 1. The average Bonchev–Trinajstić information content (AvgIpc) is 3.20. The third-order valence-electron chi connectivity index (χ3n) is 2.99. The van der Waals surface area contributed by atoms with Crippen LogP contribution in [-0.4, -0.2) is 17.4 Å². The largest absolute Gasteiger partial charge is 0.486 e. The average molecular weight is 227 g/mol. The van der Waals surface area contributed by atoms with E-state index in [-0.39, 0.29) is 18.3 Å². The van der Waals surface area contributed by atoms with Crippen LogP contribution in [0, 0.1) is 5.92 Å². The number of nitrogens with zero attached hydrogens (tertiary/aromatic N) is 1. The van der Waals surface area contributed by atoms with Crippen LogP contribution in [0.2, 0.25) is 0 Å². The normalized spacial score (nSPS) is 14.8. The molecule has 1 aromatic heterocycles. The lowest BCUT2D eigenvalue weighted by molar-refractivity contribution is -0.122. The van der Waals surface area contributed by atoms with Gasteiger partial charge in [0.15, 0.2) is 5.78 Å². The van der Waals surface area contributed by atoms with Crippen LogP contribution in [-0.2, 0) is 4.79 Å². The molecular weight excluding hydrogens is 214 g/mol. The monoisotopic (exact) mass is 227 g/mol. The molecule has 1 aromatic carbocycles. The van der Waals surface area contributed by atoms with Crippen LogP contribution < -0.4 is 4.74 Å². The first-order chi connectivity index (χ1) is 8.33. The lowest BCUT2D eigenvalue weighted by Crippen LogP contribution is -2.12. The molecule has 0 bridgehead atoms. The van der Waals surface area contributed by atoms with Crippen molar-refractivity contribution in [3.63, 3.8) is 0 Å². The first-order valence-corrected chi connectivity index (χ1v) is 5.83. The second-order valence-corrected chi connectivity index (χ2v) is 4.39. The third kappa shape index (κ3) is 2.28. The number of ether oxygens (including phenoxy) is 1. The molecular formula is C14H13NO2. The molecule has 86 valence electrons. The minimum atomic E-state index is 0.191. The fraction of sp³-hybridized carbons (Fsp3) is 0.286. The summed E-state index contributed by atoms with van der Waals surface area (Å²) >= 11 is 0. The first kappa shape index (κ1) is 10.3. The Morgan fingerprint density at radius 1 is 1.35 bits per heavy atom. The predicted molar refractivity (Wildman–Crippen MR) is 65.0 cm³/mol. The van der Waals surface area contributed by atoms with Crippen LogP contribution in [0.15, 0.2) is 36.5 Å². The summed E-state index contributed by atoms with van der Waals surface area (Å²) in [5, 5.41) is 1.03. The van der Waals surface area contributed by atoms with Crippen molar-refractivity contribution in [2.75, 3.05) is 6.61 Å². The zero-order chi connectivity index (χ0) is 11.7. The van der Waals surface area contributed by atoms with Gasteiger partial charge in [0.25, 0.3) is 0 Å². The molecule has 0 spiro atoms. The van der Waals surface area contributed by atoms with Gasteiger partial charge in [-0.2, -0.15) is 0 Å². The Labute approximate surface area is 99.4 Å². The topological polar surface area (TPSA) is 39.2 Å². The van der Waals surface area contributed by atoms with Gasteiger partial charge in [-0.3, -0.25) is 9.78 Å². The minimum Gasteiger partial charge on any atom is -0.486 e. The fourth-order valence-electron chi connectivity index (χ4n) is 1.82. The number of pyridine rings is 1. The van der Waals surface area contributed by atoms with E-state index in [2.05, 4.69) is 4.98 Å². The molecule has 2 aromatic rings. The Kier molecular flexibility index (Phi) is 2.52. The van der Waals surface area contributed by atoms with E-state index in [4.69, 9.17) is 4.74 Å². The quantitative estimate of drug-likeness (QED) is 0.805. The van der Waals surface area contributed by atoms with Crippen molar-refractivity contribution in [3.05, 3.63) is 36.5 Å².